The third-order valence-electron chi connectivity index (χ3n) is 3.08. The van der Waals surface area contributed by atoms with Gasteiger partial charge in [-0.05, 0) is 32.9 Å². The first-order valence-electron chi connectivity index (χ1n) is 6.60. The summed E-state index contributed by atoms with van der Waals surface area (Å²) in [5.41, 5.74) is -0.227. The minimum atomic E-state index is -4.10. The molecule has 0 amide bonds. The van der Waals surface area contributed by atoms with Gasteiger partial charge in [-0.2, -0.15) is 8.42 Å². The van der Waals surface area contributed by atoms with Crippen molar-refractivity contribution in [2.75, 3.05) is 6.61 Å². The zero-order chi connectivity index (χ0) is 16.5. The normalized spacial score (nSPS) is 11.4. The molecule has 0 bridgehead atoms. The Morgan fingerprint density at radius 3 is 2.36 bits per heavy atom. The minimum Gasteiger partial charge on any atom is -0.462 e. The highest BCUT2D eigenvalue weighted by Gasteiger charge is 2.27. The summed E-state index contributed by atoms with van der Waals surface area (Å²) in [4.78, 5) is 24.0. The van der Waals surface area contributed by atoms with Crippen molar-refractivity contribution < 1.29 is 17.9 Å². The highest BCUT2D eigenvalue weighted by Crippen LogP contribution is 2.14. The smallest absolute Gasteiger partial charge is 0.345 e. The van der Waals surface area contributed by atoms with Crippen LogP contribution in [0.3, 0.4) is 0 Å². The van der Waals surface area contributed by atoms with Gasteiger partial charge in [0, 0.05) is 0 Å². The van der Waals surface area contributed by atoms with Gasteiger partial charge in [-0.1, -0.05) is 17.7 Å². The van der Waals surface area contributed by atoms with Crippen molar-refractivity contribution in [1.29, 1.82) is 0 Å². The average Bonchev–Trinajstić information content (AvgIpc) is 2.75. The molecule has 0 atom stereocenters. The molecule has 1 N–H and O–H groups in total. The lowest BCUT2D eigenvalue weighted by Crippen LogP contribution is -2.28. The SMILES string of the molecule is CCOC(=O)c1c(C)[nH]n(S(=O)(=O)c2ccc(C)cc2)c1=O. The Kier molecular flexibility index (Phi) is 4.23. The van der Waals surface area contributed by atoms with Crippen molar-refractivity contribution >= 4 is 16.0 Å². The molecule has 0 aliphatic carbocycles. The number of esters is 1. The summed E-state index contributed by atoms with van der Waals surface area (Å²) in [6.45, 7) is 4.95. The van der Waals surface area contributed by atoms with Gasteiger partial charge in [0.1, 0.15) is 5.56 Å². The molecule has 0 spiro atoms. The maximum absolute atomic E-state index is 12.5. The Labute approximate surface area is 127 Å². The average molecular weight is 324 g/mol. The lowest BCUT2D eigenvalue weighted by atomic mass is 10.2. The molecule has 0 saturated heterocycles. The summed E-state index contributed by atoms with van der Waals surface area (Å²) < 4.78 is 30.2. The van der Waals surface area contributed by atoms with E-state index < -0.39 is 21.6 Å². The number of aromatic nitrogens is 2. The Morgan fingerprint density at radius 2 is 1.82 bits per heavy atom. The van der Waals surface area contributed by atoms with Crippen molar-refractivity contribution in [3.8, 4) is 0 Å². The molecule has 0 aliphatic heterocycles. The Balaban J connectivity index is 2.58. The fraction of sp³-hybridized carbons (Fsp3) is 0.286. The number of hydrogen-bond acceptors (Lipinski definition) is 5. The van der Waals surface area contributed by atoms with Crippen LogP contribution in [-0.2, 0) is 14.8 Å². The summed E-state index contributed by atoms with van der Waals surface area (Å²) in [5.74, 6) is -0.848. The highest BCUT2D eigenvalue weighted by molar-refractivity contribution is 7.89. The first-order chi connectivity index (χ1) is 10.3. The zero-order valence-corrected chi connectivity index (χ0v) is 13.2. The van der Waals surface area contributed by atoms with Gasteiger partial charge < -0.3 is 4.74 Å². The van der Waals surface area contributed by atoms with Crippen LogP contribution in [-0.4, -0.2) is 30.2 Å². The topological polar surface area (TPSA) is 98.2 Å². The van der Waals surface area contributed by atoms with E-state index in [1.165, 1.54) is 19.1 Å². The number of carbonyl (C=O) groups is 1. The molecule has 1 heterocycles. The van der Waals surface area contributed by atoms with Crippen molar-refractivity contribution in [2.24, 2.45) is 0 Å². The molecule has 118 valence electrons. The van der Waals surface area contributed by atoms with E-state index in [-0.39, 0.29) is 22.8 Å². The molecule has 0 saturated carbocycles. The molecule has 8 heteroatoms. The standard InChI is InChI=1S/C14H16N2O5S/c1-4-21-14(18)12-10(3)15-16(13(12)17)22(19,20)11-7-5-9(2)6-8-11/h5-8,15H,4H2,1-3H3. The summed E-state index contributed by atoms with van der Waals surface area (Å²) in [7, 11) is -4.10. The quantitative estimate of drug-likeness (QED) is 0.852. The van der Waals surface area contributed by atoms with Gasteiger partial charge in [-0.15, -0.1) is 4.09 Å². The molecule has 0 unspecified atom stereocenters. The van der Waals surface area contributed by atoms with Crippen molar-refractivity contribution in [3.63, 3.8) is 0 Å². The van der Waals surface area contributed by atoms with Crippen LogP contribution in [0.15, 0.2) is 34.0 Å². The number of carbonyl (C=O) groups excluding carboxylic acids is 1. The molecular weight excluding hydrogens is 308 g/mol. The molecule has 1 aromatic heterocycles. The van der Waals surface area contributed by atoms with Crippen LogP contribution in [0.1, 0.15) is 28.5 Å². The number of nitrogens with zero attached hydrogens (tertiary/aromatic N) is 1. The molecule has 22 heavy (non-hydrogen) atoms. The summed E-state index contributed by atoms with van der Waals surface area (Å²) in [6, 6.07) is 6.05. The van der Waals surface area contributed by atoms with E-state index >= 15 is 0 Å². The van der Waals surface area contributed by atoms with Gasteiger partial charge in [-0.25, -0.2) is 4.79 Å². The van der Waals surface area contributed by atoms with E-state index in [1.807, 2.05) is 6.92 Å². The van der Waals surface area contributed by atoms with Gasteiger partial charge >= 0.3 is 5.97 Å². The van der Waals surface area contributed by atoms with Crippen LogP contribution in [0.4, 0.5) is 0 Å². The third kappa shape index (κ3) is 2.69. The zero-order valence-electron chi connectivity index (χ0n) is 12.4. The molecule has 0 fully saturated rings. The number of benzene rings is 1. The van der Waals surface area contributed by atoms with Crippen molar-refractivity contribution in [3.05, 3.63) is 51.4 Å². The van der Waals surface area contributed by atoms with Crippen LogP contribution in [0.2, 0.25) is 0 Å². The van der Waals surface area contributed by atoms with Crippen LogP contribution < -0.4 is 5.56 Å². The summed E-state index contributed by atoms with van der Waals surface area (Å²) >= 11 is 0. The molecule has 7 nitrogen and oxygen atoms in total. The highest BCUT2D eigenvalue weighted by atomic mass is 32.2. The van der Waals surface area contributed by atoms with Gasteiger partial charge in [0.2, 0.25) is 0 Å². The molecule has 1 aromatic carbocycles. The van der Waals surface area contributed by atoms with E-state index in [4.69, 9.17) is 4.74 Å². The largest absolute Gasteiger partial charge is 0.462 e. The maximum Gasteiger partial charge on any atom is 0.345 e. The van der Waals surface area contributed by atoms with Crippen LogP contribution in [0, 0.1) is 13.8 Å². The number of nitrogens with one attached hydrogen (secondary N) is 1. The Morgan fingerprint density at radius 1 is 1.23 bits per heavy atom. The first-order valence-corrected chi connectivity index (χ1v) is 8.04. The Hall–Kier alpha value is -2.35. The van der Waals surface area contributed by atoms with Crippen LogP contribution >= 0.6 is 0 Å². The fourth-order valence-electron chi connectivity index (χ4n) is 1.95. The second-order valence-corrected chi connectivity index (χ2v) is 6.51. The van der Waals surface area contributed by atoms with Crippen molar-refractivity contribution in [1.82, 2.24) is 9.19 Å². The van der Waals surface area contributed by atoms with Crippen LogP contribution in [0.25, 0.3) is 0 Å². The van der Waals surface area contributed by atoms with E-state index in [0.29, 0.717) is 4.09 Å². The minimum absolute atomic E-state index is 0.0446. The lowest BCUT2D eigenvalue weighted by Gasteiger charge is -2.04. The molecule has 2 aromatic rings. The summed E-state index contributed by atoms with van der Waals surface area (Å²) in [6.07, 6.45) is 0. The number of hydrogen-bond donors (Lipinski definition) is 1. The van der Waals surface area contributed by atoms with E-state index in [0.717, 1.165) is 5.56 Å². The predicted molar refractivity (Wildman–Crippen MR) is 79.5 cm³/mol. The fourth-order valence-corrected chi connectivity index (χ4v) is 3.21. The first kappa shape index (κ1) is 16.0. The second-order valence-electron chi connectivity index (χ2n) is 4.72. The third-order valence-corrected chi connectivity index (χ3v) is 4.69. The number of rotatable bonds is 4. The number of H-pyrrole nitrogens is 1. The van der Waals surface area contributed by atoms with E-state index in [1.54, 1.807) is 19.1 Å². The predicted octanol–water partition coefficient (Wildman–Crippen LogP) is 1.21. The number of aromatic amines is 1. The number of ether oxygens (including phenoxy) is 1. The molecule has 2 rings (SSSR count). The number of aryl methyl sites for hydroxylation is 2. The van der Waals surface area contributed by atoms with Gasteiger partial charge in [0.15, 0.2) is 0 Å². The molecule has 0 radical (unpaired) electrons. The molecule has 0 aliphatic rings. The van der Waals surface area contributed by atoms with E-state index in [2.05, 4.69) is 5.10 Å². The van der Waals surface area contributed by atoms with Gasteiger partial charge in [-0.3, -0.25) is 9.89 Å². The monoisotopic (exact) mass is 324 g/mol. The molecular formula is C14H16N2O5S. The van der Waals surface area contributed by atoms with Crippen LogP contribution in [0.5, 0.6) is 0 Å². The second kappa shape index (κ2) is 5.80. The maximum atomic E-state index is 12.5. The van der Waals surface area contributed by atoms with Gasteiger partial charge in [0.05, 0.1) is 17.2 Å². The Bertz CT molecular complexity index is 860. The summed E-state index contributed by atoms with van der Waals surface area (Å²) in [5, 5.41) is 2.42. The lowest BCUT2D eigenvalue weighted by molar-refractivity contribution is 0.0524. The van der Waals surface area contributed by atoms with Crippen molar-refractivity contribution in [2.45, 2.75) is 25.7 Å². The van der Waals surface area contributed by atoms with Gasteiger partial charge in [0.25, 0.3) is 15.6 Å². The van der Waals surface area contributed by atoms with E-state index in [9.17, 15) is 18.0 Å².